The number of ether oxygens (including phenoxy) is 1. The maximum atomic E-state index is 13.2. The summed E-state index contributed by atoms with van der Waals surface area (Å²) in [6, 6.07) is 7.39. The summed E-state index contributed by atoms with van der Waals surface area (Å²) in [5.74, 6) is -1.19. The van der Waals surface area contributed by atoms with Crippen molar-refractivity contribution < 1.29 is 19.1 Å². The van der Waals surface area contributed by atoms with Crippen LogP contribution in [0.2, 0.25) is 0 Å². The van der Waals surface area contributed by atoms with Gasteiger partial charge in [0.15, 0.2) is 0 Å². The van der Waals surface area contributed by atoms with E-state index in [-0.39, 0.29) is 30.3 Å². The van der Waals surface area contributed by atoms with Gasteiger partial charge < -0.3 is 20.7 Å². The van der Waals surface area contributed by atoms with Gasteiger partial charge in [0.25, 0.3) is 0 Å². The van der Waals surface area contributed by atoms with E-state index in [1.54, 1.807) is 4.90 Å². The molecule has 0 radical (unpaired) electrons. The Kier molecular flexibility index (Phi) is 8.20. The molecular weight excluding hydrogens is 370 g/mol. The van der Waals surface area contributed by atoms with Gasteiger partial charge in [-0.1, -0.05) is 58.0 Å². The zero-order valence-corrected chi connectivity index (χ0v) is 17.8. The predicted molar refractivity (Wildman–Crippen MR) is 111 cm³/mol. The number of hydrogen-bond donors (Lipinski definition) is 2. The van der Waals surface area contributed by atoms with Crippen molar-refractivity contribution in [1.82, 2.24) is 10.2 Å². The highest BCUT2D eigenvalue weighted by Gasteiger charge is 2.39. The van der Waals surface area contributed by atoms with E-state index in [0.29, 0.717) is 13.0 Å². The molecule has 1 aliphatic rings. The molecule has 1 heterocycles. The molecule has 1 aromatic rings. The van der Waals surface area contributed by atoms with Crippen LogP contribution in [0.5, 0.6) is 0 Å². The first kappa shape index (κ1) is 22.9. The maximum Gasteiger partial charge on any atom is 0.329 e. The van der Waals surface area contributed by atoms with Gasteiger partial charge in [0, 0.05) is 6.54 Å². The minimum absolute atomic E-state index is 0.0367. The van der Waals surface area contributed by atoms with Crippen molar-refractivity contribution in [3.8, 4) is 0 Å². The average Bonchev–Trinajstić information content (AvgIpc) is 3.19. The highest BCUT2D eigenvalue weighted by molar-refractivity contribution is 5.92. The summed E-state index contributed by atoms with van der Waals surface area (Å²) in [7, 11) is 0. The van der Waals surface area contributed by atoms with Gasteiger partial charge in [-0.2, -0.15) is 0 Å². The van der Waals surface area contributed by atoms with E-state index in [4.69, 9.17) is 10.5 Å². The van der Waals surface area contributed by atoms with Crippen LogP contribution in [-0.4, -0.2) is 47.4 Å². The van der Waals surface area contributed by atoms with E-state index >= 15 is 0 Å². The molecule has 7 nitrogen and oxygen atoms in total. The van der Waals surface area contributed by atoms with E-state index in [1.165, 1.54) is 0 Å². The summed E-state index contributed by atoms with van der Waals surface area (Å²) in [5, 5.41) is 2.78. The van der Waals surface area contributed by atoms with Crippen molar-refractivity contribution in [2.45, 2.75) is 65.3 Å². The van der Waals surface area contributed by atoms with Crippen LogP contribution in [0.25, 0.3) is 0 Å². The number of carbonyl (C=O) groups is 3. The number of nitrogens with zero attached hydrogens (tertiary/aromatic N) is 1. The van der Waals surface area contributed by atoms with Gasteiger partial charge in [0.1, 0.15) is 18.7 Å². The van der Waals surface area contributed by atoms with E-state index < -0.39 is 24.1 Å². The minimum atomic E-state index is -0.727. The molecule has 0 bridgehead atoms. The summed E-state index contributed by atoms with van der Waals surface area (Å²) in [6.07, 6.45) is 1.28. The van der Waals surface area contributed by atoms with Gasteiger partial charge in [-0.3, -0.25) is 9.59 Å². The highest BCUT2D eigenvalue weighted by atomic mass is 16.5. The predicted octanol–water partition coefficient (Wildman–Crippen LogP) is 1.84. The first-order valence-corrected chi connectivity index (χ1v) is 10.3. The fourth-order valence-electron chi connectivity index (χ4n) is 3.34. The van der Waals surface area contributed by atoms with Crippen molar-refractivity contribution in [3.05, 3.63) is 35.9 Å². The summed E-state index contributed by atoms with van der Waals surface area (Å²) in [5.41, 5.74) is 6.82. The Bertz CT molecular complexity index is 705. The Morgan fingerprint density at radius 3 is 2.38 bits per heavy atom. The number of rotatable bonds is 8. The third-order valence-electron chi connectivity index (χ3n) is 5.28. The lowest BCUT2D eigenvalue weighted by Gasteiger charge is -2.31. The molecule has 3 atom stereocenters. The third-order valence-corrected chi connectivity index (χ3v) is 5.28. The Labute approximate surface area is 173 Å². The number of amides is 2. The molecule has 1 saturated heterocycles. The smallest absolute Gasteiger partial charge is 0.329 e. The Balaban J connectivity index is 2.03. The molecule has 1 aliphatic heterocycles. The maximum absolute atomic E-state index is 13.2. The molecule has 0 aromatic heterocycles. The quantitative estimate of drug-likeness (QED) is 0.645. The zero-order chi connectivity index (χ0) is 21.6. The van der Waals surface area contributed by atoms with Crippen molar-refractivity contribution in [3.63, 3.8) is 0 Å². The summed E-state index contributed by atoms with van der Waals surface area (Å²) in [4.78, 5) is 39.7. The molecule has 0 aliphatic carbocycles. The number of likely N-dealkylation sites (tertiary alicyclic amines) is 1. The molecular formula is C22H33N3O4. The number of nitrogens with one attached hydrogen (secondary N) is 1. The first-order chi connectivity index (χ1) is 13.7. The normalized spacial score (nSPS) is 18.6. The van der Waals surface area contributed by atoms with E-state index in [1.807, 2.05) is 58.0 Å². The van der Waals surface area contributed by atoms with Gasteiger partial charge in [0.05, 0.1) is 6.04 Å². The standard InChI is InChI=1S/C22H33N3O4/c1-14(2)18(23)20(26)24-19(15(3)4)21(27)25-12-8-11-17(25)22(28)29-13-16-9-6-5-7-10-16/h5-7,9-10,14-15,17-19H,8,11-13,23H2,1-4H3,(H,24,26). The minimum Gasteiger partial charge on any atom is -0.459 e. The van der Waals surface area contributed by atoms with Gasteiger partial charge in [0.2, 0.25) is 11.8 Å². The Morgan fingerprint density at radius 1 is 1.14 bits per heavy atom. The van der Waals surface area contributed by atoms with Crippen LogP contribution < -0.4 is 11.1 Å². The molecule has 0 saturated carbocycles. The molecule has 1 aromatic carbocycles. The largest absolute Gasteiger partial charge is 0.459 e. The van der Waals surface area contributed by atoms with Crippen LogP contribution in [-0.2, 0) is 25.7 Å². The topological polar surface area (TPSA) is 102 Å². The zero-order valence-electron chi connectivity index (χ0n) is 17.8. The molecule has 0 spiro atoms. The fourth-order valence-corrected chi connectivity index (χ4v) is 3.34. The fraction of sp³-hybridized carbons (Fsp3) is 0.591. The molecule has 2 rings (SSSR count). The second-order valence-corrected chi connectivity index (χ2v) is 8.28. The van der Waals surface area contributed by atoms with Crippen molar-refractivity contribution in [1.29, 1.82) is 0 Å². The number of carbonyl (C=O) groups excluding carboxylic acids is 3. The molecule has 3 N–H and O–H groups in total. The third kappa shape index (κ3) is 6.03. The molecule has 29 heavy (non-hydrogen) atoms. The second-order valence-electron chi connectivity index (χ2n) is 8.28. The number of esters is 1. The Morgan fingerprint density at radius 2 is 1.79 bits per heavy atom. The van der Waals surface area contributed by atoms with E-state index in [9.17, 15) is 14.4 Å². The van der Waals surface area contributed by atoms with Crippen LogP contribution in [0, 0.1) is 11.8 Å². The molecule has 160 valence electrons. The van der Waals surface area contributed by atoms with Crippen LogP contribution in [0.1, 0.15) is 46.1 Å². The van der Waals surface area contributed by atoms with E-state index in [2.05, 4.69) is 5.32 Å². The molecule has 2 amide bonds. The Hall–Kier alpha value is -2.41. The highest BCUT2D eigenvalue weighted by Crippen LogP contribution is 2.22. The number of hydrogen-bond acceptors (Lipinski definition) is 5. The lowest BCUT2D eigenvalue weighted by Crippen LogP contribution is -2.57. The van der Waals surface area contributed by atoms with E-state index in [0.717, 1.165) is 12.0 Å². The van der Waals surface area contributed by atoms with Crippen molar-refractivity contribution in [2.75, 3.05) is 6.54 Å². The SMILES string of the molecule is CC(C)C(N)C(=O)NC(C(=O)N1CCCC1C(=O)OCc1ccccc1)C(C)C. The van der Waals surface area contributed by atoms with Gasteiger partial charge in [-0.05, 0) is 30.2 Å². The molecule has 7 heteroatoms. The lowest BCUT2D eigenvalue weighted by molar-refractivity contribution is -0.155. The molecule has 1 fully saturated rings. The van der Waals surface area contributed by atoms with Crippen molar-refractivity contribution >= 4 is 17.8 Å². The van der Waals surface area contributed by atoms with Crippen molar-refractivity contribution in [2.24, 2.45) is 17.6 Å². The van der Waals surface area contributed by atoms with Gasteiger partial charge in [-0.15, -0.1) is 0 Å². The van der Waals surface area contributed by atoms with Crippen LogP contribution in [0.15, 0.2) is 30.3 Å². The molecule has 3 unspecified atom stereocenters. The van der Waals surface area contributed by atoms with Crippen LogP contribution >= 0.6 is 0 Å². The summed E-state index contributed by atoms with van der Waals surface area (Å²) >= 11 is 0. The monoisotopic (exact) mass is 403 g/mol. The van der Waals surface area contributed by atoms with Gasteiger partial charge >= 0.3 is 5.97 Å². The second kappa shape index (κ2) is 10.4. The average molecular weight is 404 g/mol. The summed E-state index contributed by atoms with van der Waals surface area (Å²) in [6.45, 7) is 8.08. The van der Waals surface area contributed by atoms with Gasteiger partial charge in [-0.25, -0.2) is 4.79 Å². The van der Waals surface area contributed by atoms with Crippen LogP contribution in [0.4, 0.5) is 0 Å². The number of nitrogens with two attached hydrogens (primary N) is 1. The lowest BCUT2D eigenvalue weighted by atomic mass is 9.99. The van der Waals surface area contributed by atoms with Crippen LogP contribution in [0.3, 0.4) is 0 Å². The summed E-state index contributed by atoms with van der Waals surface area (Å²) < 4.78 is 5.44. The number of benzene rings is 1. The first-order valence-electron chi connectivity index (χ1n) is 10.3.